The van der Waals surface area contributed by atoms with E-state index in [1.807, 2.05) is 20.9 Å². The van der Waals surface area contributed by atoms with E-state index in [2.05, 4.69) is 10.4 Å². The molecule has 0 aliphatic heterocycles. The van der Waals surface area contributed by atoms with Crippen LogP contribution in [-0.2, 0) is 34.3 Å². The monoisotopic (exact) mass is 361 g/mol. The molecular weight excluding hydrogens is 337 g/mol. The molecule has 1 atom stereocenters. The number of hydrogen-bond donors (Lipinski definition) is 1. The number of halogens is 1. The van der Waals surface area contributed by atoms with Gasteiger partial charge in [-0.3, -0.25) is 14.3 Å². The van der Waals surface area contributed by atoms with Gasteiger partial charge in [0.05, 0.1) is 5.69 Å². The standard InChI is InChI=1S/C19H24FN3O3/c1-12-17(13(2)23(4)22-12)9-10-18(24)26-14(3)19(25)21-11-15-5-7-16(20)8-6-15/h5-8,14H,9-11H2,1-4H3,(H,21,25). The highest BCUT2D eigenvalue weighted by Gasteiger charge is 2.18. The Morgan fingerprint density at radius 3 is 2.50 bits per heavy atom. The molecule has 1 amide bonds. The summed E-state index contributed by atoms with van der Waals surface area (Å²) in [6.07, 6.45) is -0.184. The molecule has 0 aliphatic rings. The molecular formula is C19H24FN3O3. The first-order valence-corrected chi connectivity index (χ1v) is 8.48. The molecule has 0 saturated carbocycles. The molecule has 1 unspecified atom stereocenters. The Balaban J connectivity index is 1.78. The van der Waals surface area contributed by atoms with Crippen molar-refractivity contribution in [2.45, 2.75) is 46.3 Å². The molecule has 1 aromatic heterocycles. The number of benzene rings is 1. The molecule has 2 rings (SSSR count). The van der Waals surface area contributed by atoms with Gasteiger partial charge in [0, 0.05) is 25.7 Å². The van der Waals surface area contributed by atoms with Gasteiger partial charge >= 0.3 is 5.97 Å². The Kier molecular flexibility index (Phi) is 6.49. The molecule has 0 radical (unpaired) electrons. The lowest BCUT2D eigenvalue weighted by molar-refractivity contribution is -0.154. The summed E-state index contributed by atoms with van der Waals surface area (Å²) in [5.74, 6) is -1.16. The van der Waals surface area contributed by atoms with Crippen molar-refractivity contribution < 1.29 is 18.7 Å². The average Bonchev–Trinajstić information content (AvgIpc) is 2.84. The van der Waals surface area contributed by atoms with Crippen LogP contribution in [0.15, 0.2) is 24.3 Å². The Labute approximate surface area is 152 Å². The predicted molar refractivity (Wildman–Crippen MR) is 94.8 cm³/mol. The molecule has 0 saturated heterocycles. The van der Waals surface area contributed by atoms with Crippen molar-refractivity contribution in [3.05, 3.63) is 52.6 Å². The lowest BCUT2D eigenvalue weighted by Crippen LogP contribution is -2.35. The Hall–Kier alpha value is -2.70. The van der Waals surface area contributed by atoms with Gasteiger partial charge in [0.1, 0.15) is 5.82 Å². The SMILES string of the molecule is Cc1nn(C)c(C)c1CCC(=O)OC(C)C(=O)NCc1ccc(F)cc1. The minimum atomic E-state index is -0.890. The first kappa shape index (κ1) is 19.6. The molecule has 2 aromatic rings. The number of rotatable bonds is 7. The van der Waals surface area contributed by atoms with E-state index in [4.69, 9.17) is 4.74 Å². The molecule has 1 N–H and O–H groups in total. The molecule has 0 spiro atoms. The smallest absolute Gasteiger partial charge is 0.306 e. The third-order valence-electron chi connectivity index (χ3n) is 4.30. The normalized spacial score (nSPS) is 11.9. The fourth-order valence-corrected chi connectivity index (χ4v) is 2.65. The first-order chi connectivity index (χ1) is 12.3. The maximum absolute atomic E-state index is 12.9. The summed E-state index contributed by atoms with van der Waals surface area (Å²) in [4.78, 5) is 24.0. The van der Waals surface area contributed by atoms with Crippen LogP contribution in [0, 0.1) is 19.7 Å². The van der Waals surface area contributed by atoms with Gasteiger partial charge in [-0.1, -0.05) is 12.1 Å². The number of esters is 1. The van der Waals surface area contributed by atoms with E-state index in [0.29, 0.717) is 6.42 Å². The number of carbonyl (C=O) groups is 2. The highest BCUT2D eigenvalue weighted by Crippen LogP contribution is 2.14. The maximum atomic E-state index is 12.9. The number of nitrogens with one attached hydrogen (secondary N) is 1. The molecule has 0 fully saturated rings. The summed E-state index contributed by atoms with van der Waals surface area (Å²) in [6, 6.07) is 5.83. The average molecular weight is 361 g/mol. The number of ether oxygens (including phenoxy) is 1. The van der Waals surface area contributed by atoms with Crippen LogP contribution in [0.2, 0.25) is 0 Å². The Morgan fingerprint density at radius 1 is 1.27 bits per heavy atom. The number of hydrogen-bond acceptors (Lipinski definition) is 4. The van der Waals surface area contributed by atoms with E-state index in [-0.39, 0.29) is 18.8 Å². The van der Waals surface area contributed by atoms with Crippen LogP contribution in [-0.4, -0.2) is 27.8 Å². The summed E-state index contributed by atoms with van der Waals surface area (Å²) in [5.41, 5.74) is 3.70. The van der Waals surface area contributed by atoms with Gasteiger partial charge in [-0.2, -0.15) is 5.10 Å². The van der Waals surface area contributed by atoms with E-state index in [1.165, 1.54) is 19.1 Å². The third kappa shape index (κ3) is 5.15. The topological polar surface area (TPSA) is 73.2 Å². The van der Waals surface area contributed by atoms with Crippen molar-refractivity contribution in [1.82, 2.24) is 15.1 Å². The van der Waals surface area contributed by atoms with Crippen LogP contribution in [0.25, 0.3) is 0 Å². The minimum absolute atomic E-state index is 0.183. The van der Waals surface area contributed by atoms with Gasteiger partial charge < -0.3 is 10.1 Å². The maximum Gasteiger partial charge on any atom is 0.306 e. The third-order valence-corrected chi connectivity index (χ3v) is 4.30. The molecule has 140 valence electrons. The van der Waals surface area contributed by atoms with Gasteiger partial charge in [-0.15, -0.1) is 0 Å². The second-order valence-electron chi connectivity index (χ2n) is 6.25. The fraction of sp³-hybridized carbons (Fsp3) is 0.421. The zero-order valence-electron chi connectivity index (χ0n) is 15.5. The number of aryl methyl sites for hydroxylation is 2. The number of aromatic nitrogens is 2. The van der Waals surface area contributed by atoms with Gasteiger partial charge in [0.25, 0.3) is 5.91 Å². The molecule has 26 heavy (non-hydrogen) atoms. The van der Waals surface area contributed by atoms with E-state index < -0.39 is 18.0 Å². The van der Waals surface area contributed by atoms with E-state index >= 15 is 0 Å². The summed E-state index contributed by atoms with van der Waals surface area (Å²) in [6.45, 7) is 5.62. The molecule has 1 heterocycles. The van der Waals surface area contributed by atoms with Crippen molar-refractivity contribution in [2.24, 2.45) is 7.05 Å². The zero-order valence-corrected chi connectivity index (χ0v) is 15.5. The second kappa shape index (κ2) is 8.60. The van der Waals surface area contributed by atoms with Gasteiger partial charge in [0.2, 0.25) is 0 Å². The number of carbonyl (C=O) groups excluding carboxylic acids is 2. The van der Waals surface area contributed by atoms with E-state index in [0.717, 1.165) is 22.5 Å². The quantitative estimate of drug-likeness (QED) is 0.769. The van der Waals surface area contributed by atoms with Crippen LogP contribution in [0.5, 0.6) is 0 Å². The molecule has 0 bridgehead atoms. The summed E-state index contributed by atoms with van der Waals surface area (Å²) >= 11 is 0. The van der Waals surface area contributed by atoms with Crippen molar-refractivity contribution in [2.75, 3.05) is 0 Å². The Morgan fingerprint density at radius 2 is 1.92 bits per heavy atom. The Bertz CT molecular complexity index is 784. The van der Waals surface area contributed by atoms with Crippen LogP contribution >= 0.6 is 0 Å². The summed E-state index contributed by atoms with van der Waals surface area (Å²) in [5, 5.41) is 6.98. The van der Waals surface area contributed by atoms with Gasteiger partial charge in [0.15, 0.2) is 6.10 Å². The van der Waals surface area contributed by atoms with Crippen molar-refractivity contribution in [1.29, 1.82) is 0 Å². The van der Waals surface area contributed by atoms with Crippen LogP contribution in [0.3, 0.4) is 0 Å². The molecule has 0 aliphatic carbocycles. The number of amides is 1. The van der Waals surface area contributed by atoms with Crippen molar-refractivity contribution in [3.63, 3.8) is 0 Å². The van der Waals surface area contributed by atoms with Crippen LogP contribution < -0.4 is 5.32 Å². The molecule has 7 heteroatoms. The first-order valence-electron chi connectivity index (χ1n) is 8.48. The predicted octanol–water partition coefficient (Wildman–Crippen LogP) is 2.36. The zero-order chi connectivity index (χ0) is 19.3. The molecule has 1 aromatic carbocycles. The van der Waals surface area contributed by atoms with Crippen molar-refractivity contribution >= 4 is 11.9 Å². The lowest BCUT2D eigenvalue weighted by Gasteiger charge is -2.13. The van der Waals surface area contributed by atoms with E-state index in [1.54, 1.807) is 16.8 Å². The van der Waals surface area contributed by atoms with Crippen LogP contribution in [0.4, 0.5) is 4.39 Å². The summed E-state index contributed by atoms with van der Waals surface area (Å²) in [7, 11) is 1.86. The number of nitrogens with zero attached hydrogens (tertiary/aromatic N) is 2. The van der Waals surface area contributed by atoms with Gasteiger partial charge in [-0.05, 0) is 50.5 Å². The van der Waals surface area contributed by atoms with Crippen molar-refractivity contribution in [3.8, 4) is 0 Å². The van der Waals surface area contributed by atoms with E-state index in [9.17, 15) is 14.0 Å². The highest BCUT2D eigenvalue weighted by atomic mass is 19.1. The second-order valence-corrected chi connectivity index (χ2v) is 6.25. The molecule has 6 nitrogen and oxygen atoms in total. The highest BCUT2D eigenvalue weighted by molar-refractivity contribution is 5.83. The lowest BCUT2D eigenvalue weighted by atomic mass is 10.1. The van der Waals surface area contributed by atoms with Crippen LogP contribution in [0.1, 0.15) is 35.9 Å². The van der Waals surface area contributed by atoms with Gasteiger partial charge in [-0.25, -0.2) is 4.39 Å². The summed E-state index contributed by atoms with van der Waals surface area (Å²) < 4.78 is 19.8. The largest absolute Gasteiger partial charge is 0.453 e. The minimum Gasteiger partial charge on any atom is -0.453 e. The fourth-order valence-electron chi connectivity index (χ4n) is 2.65.